The first-order valence-electron chi connectivity index (χ1n) is 5.81. The number of anilines is 2. The third-order valence-corrected chi connectivity index (χ3v) is 3.79. The van der Waals surface area contributed by atoms with Crippen LogP contribution in [0.2, 0.25) is 0 Å². The molecule has 0 aliphatic rings. The molecular weight excluding hydrogens is 244 g/mol. The Morgan fingerprint density at radius 3 is 2.39 bits per heavy atom. The van der Waals surface area contributed by atoms with Crippen LogP contribution in [0.1, 0.15) is 34.1 Å². The van der Waals surface area contributed by atoms with Gasteiger partial charge in [-0.3, -0.25) is 4.79 Å². The molecule has 0 bridgehead atoms. The lowest BCUT2D eigenvalue weighted by Gasteiger charge is -2.11. The number of benzene rings is 1. The van der Waals surface area contributed by atoms with Crippen LogP contribution in [0, 0.1) is 20.8 Å². The zero-order valence-corrected chi connectivity index (χ0v) is 11.8. The first-order valence-corrected chi connectivity index (χ1v) is 6.58. The lowest BCUT2D eigenvalue weighted by molar-refractivity contribution is 0.101. The maximum Gasteiger partial charge on any atom is 0.164 e. The highest BCUT2D eigenvalue weighted by Gasteiger charge is 2.16. The lowest BCUT2D eigenvalue weighted by Crippen LogP contribution is -2.00. The smallest absolute Gasteiger partial charge is 0.164 e. The molecule has 18 heavy (non-hydrogen) atoms. The van der Waals surface area contributed by atoms with Gasteiger partial charge in [0.05, 0.1) is 11.3 Å². The van der Waals surface area contributed by atoms with Crippen LogP contribution >= 0.6 is 11.5 Å². The lowest BCUT2D eigenvalue weighted by atomic mass is 10.1. The molecule has 2 aromatic rings. The van der Waals surface area contributed by atoms with E-state index in [-0.39, 0.29) is 5.78 Å². The van der Waals surface area contributed by atoms with Gasteiger partial charge in [-0.15, -0.1) is 0 Å². The fourth-order valence-electron chi connectivity index (χ4n) is 1.99. The van der Waals surface area contributed by atoms with E-state index in [0.717, 1.165) is 27.5 Å². The topological polar surface area (TPSA) is 42.0 Å². The van der Waals surface area contributed by atoms with E-state index < -0.39 is 0 Å². The largest absolute Gasteiger partial charge is 0.345 e. The van der Waals surface area contributed by atoms with Crippen LogP contribution < -0.4 is 5.32 Å². The van der Waals surface area contributed by atoms with E-state index in [1.54, 1.807) is 6.92 Å². The van der Waals surface area contributed by atoms with Crippen LogP contribution in [0.15, 0.2) is 18.2 Å². The second-order valence-electron chi connectivity index (χ2n) is 4.42. The predicted molar refractivity (Wildman–Crippen MR) is 76.1 cm³/mol. The van der Waals surface area contributed by atoms with Crippen molar-refractivity contribution < 1.29 is 4.79 Å². The minimum atomic E-state index is 0.0509. The average molecular weight is 260 g/mol. The van der Waals surface area contributed by atoms with Crippen LogP contribution in [-0.2, 0) is 0 Å². The molecule has 1 N–H and O–H groups in total. The molecule has 0 amide bonds. The zero-order chi connectivity index (χ0) is 13.3. The van der Waals surface area contributed by atoms with Gasteiger partial charge in [-0.05, 0) is 50.4 Å². The number of nitrogens with zero attached hydrogens (tertiary/aromatic N) is 1. The van der Waals surface area contributed by atoms with E-state index in [2.05, 4.69) is 35.7 Å². The van der Waals surface area contributed by atoms with Gasteiger partial charge in [0.1, 0.15) is 5.00 Å². The molecule has 2 rings (SSSR count). The van der Waals surface area contributed by atoms with Crippen molar-refractivity contribution in [2.24, 2.45) is 0 Å². The Morgan fingerprint density at radius 2 is 1.83 bits per heavy atom. The summed E-state index contributed by atoms with van der Waals surface area (Å²) >= 11 is 1.33. The number of nitrogens with one attached hydrogen (secondary N) is 1. The molecule has 4 heteroatoms. The highest BCUT2D eigenvalue weighted by molar-refractivity contribution is 7.10. The second kappa shape index (κ2) is 4.90. The third kappa shape index (κ3) is 2.29. The molecule has 0 aliphatic carbocycles. The number of aryl methyl sites for hydroxylation is 3. The van der Waals surface area contributed by atoms with Crippen molar-refractivity contribution in [2.75, 3.05) is 5.32 Å². The van der Waals surface area contributed by atoms with Gasteiger partial charge >= 0.3 is 0 Å². The van der Waals surface area contributed by atoms with Gasteiger partial charge in [-0.25, -0.2) is 0 Å². The molecular formula is C14H16N2OS. The first-order chi connectivity index (χ1) is 8.50. The quantitative estimate of drug-likeness (QED) is 0.848. The van der Waals surface area contributed by atoms with Gasteiger partial charge in [-0.1, -0.05) is 18.2 Å². The van der Waals surface area contributed by atoms with Crippen molar-refractivity contribution in [3.8, 4) is 0 Å². The van der Waals surface area contributed by atoms with E-state index in [9.17, 15) is 4.79 Å². The SMILES string of the molecule is CC(=O)c1c(C)nsc1Nc1c(C)cccc1C. The Kier molecular flexibility index (Phi) is 3.48. The van der Waals surface area contributed by atoms with Gasteiger partial charge in [0.2, 0.25) is 0 Å². The Bertz CT molecular complexity index is 582. The third-order valence-electron chi connectivity index (χ3n) is 2.93. The maximum atomic E-state index is 11.6. The molecule has 0 unspecified atom stereocenters. The van der Waals surface area contributed by atoms with Crippen molar-refractivity contribution in [2.45, 2.75) is 27.7 Å². The Labute approximate surface area is 111 Å². The minimum absolute atomic E-state index is 0.0509. The van der Waals surface area contributed by atoms with E-state index in [1.165, 1.54) is 11.5 Å². The number of rotatable bonds is 3. The highest BCUT2D eigenvalue weighted by atomic mass is 32.1. The number of hydrogen-bond donors (Lipinski definition) is 1. The summed E-state index contributed by atoms with van der Waals surface area (Å²) in [7, 11) is 0. The summed E-state index contributed by atoms with van der Waals surface area (Å²) < 4.78 is 4.25. The molecule has 1 aromatic heterocycles. The standard InChI is InChI=1S/C14H16N2OS/c1-8-6-5-7-9(2)13(8)15-14-12(11(4)17)10(3)16-18-14/h5-7,15H,1-4H3. The normalized spacial score (nSPS) is 10.4. The number of carbonyl (C=O) groups is 1. The summed E-state index contributed by atoms with van der Waals surface area (Å²) in [6.45, 7) is 7.54. The molecule has 1 heterocycles. The van der Waals surface area contributed by atoms with E-state index in [1.807, 2.05) is 13.0 Å². The van der Waals surface area contributed by atoms with Crippen molar-refractivity contribution in [1.29, 1.82) is 0 Å². The summed E-state index contributed by atoms with van der Waals surface area (Å²) in [6.07, 6.45) is 0. The van der Waals surface area contributed by atoms with Gasteiger partial charge in [0.15, 0.2) is 5.78 Å². The second-order valence-corrected chi connectivity index (χ2v) is 5.19. The molecule has 0 saturated carbocycles. The summed E-state index contributed by atoms with van der Waals surface area (Å²) in [4.78, 5) is 11.6. The van der Waals surface area contributed by atoms with Crippen LogP contribution in [0.5, 0.6) is 0 Å². The van der Waals surface area contributed by atoms with Crippen LogP contribution in [0.3, 0.4) is 0 Å². The molecule has 0 aliphatic heterocycles. The average Bonchev–Trinajstić information content (AvgIpc) is 2.65. The van der Waals surface area contributed by atoms with E-state index in [0.29, 0.717) is 5.56 Å². The molecule has 0 atom stereocenters. The van der Waals surface area contributed by atoms with Crippen molar-refractivity contribution >= 4 is 28.0 Å². The first kappa shape index (κ1) is 12.8. The maximum absolute atomic E-state index is 11.6. The summed E-state index contributed by atoms with van der Waals surface area (Å²) in [5.41, 5.74) is 4.87. The minimum Gasteiger partial charge on any atom is -0.345 e. The fourth-order valence-corrected chi connectivity index (χ4v) is 2.84. The summed E-state index contributed by atoms with van der Waals surface area (Å²) in [5.74, 6) is 0.0509. The highest BCUT2D eigenvalue weighted by Crippen LogP contribution is 2.31. The van der Waals surface area contributed by atoms with Crippen molar-refractivity contribution in [1.82, 2.24) is 4.37 Å². The molecule has 0 spiro atoms. The van der Waals surface area contributed by atoms with Gasteiger partial charge < -0.3 is 5.32 Å². The molecule has 1 aromatic carbocycles. The summed E-state index contributed by atoms with van der Waals surface area (Å²) in [5, 5.41) is 4.18. The number of ketones is 1. The van der Waals surface area contributed by atoms with Crippen LogP contribution in [0.25, 0.3) is 0 Å². The number of para-hydroxylation sites is 1. The Balaban J connectivity index is 2.44. The van der Waals surface area contributed by atoms with Crippen molar-refractivity contribution in [3.63, 3.8) is 0 Å². The number of aromatic nitrogens is 1. The molecule has 94 valence electrons. The fraction of sp³-hybridized carbons (Fsp3) is 0.286. The van der Waals surface area contributed by atoms with Crippen molar-refractivity contribution in [3.05, 3.63) is 40.6 Å². The molecule has 0 fully saturated rings. The van der Waals surface area contributed by atoms with Crippen LogP contribution in [0.4, 0.5) is 10.7 Å². The van der Waals surface area contributed by atoms with Gasteiger partial charge in [-0.2, -0.15) is 4.37 Å². The molecule has 3 nitrogen and oxygen atoms in total. The van der Waals surface area contributed by atoms with Gasteiger partial charge in [0.25, 0.3) is 0 Å². The monoisotopic (exact) mass is 260 g/mol. The molecule has 0 radical (unpaired) electrons. The summed E-state index contributed by atoms with van der Waals surface area (Å²) in [6, 6.07) is 6.13. The van der Waals surface area contributed by atoms with Gasteiger partial charge in [0, 0.05) is 5.69 Å². The van der Waals surface area contributed by atoms with Crippen LogP contribution in [-0.4, -0.2) is 10.2 Å². The number of hydrogen-bond acceptors (Lipinski definition) is 4. The zero-order valence-electron chi connectivity index (χ0n) is 11.0. The molecule has 0 saturated heterocycles. The Hall–Kier alpha value is -1.68. The predicted octanol–water partition coefficient (Wildman–Crippen LogP) is 4.01. The van der Waals surface area contributed by atoms with E-state index in [4.69, 9.17) is 0 Å². The number of Topliss-reactive ketones (excluding diaryl/α,β-unsaturated/α-hetero) is 1. The van der Waals surface area contributed by atoms with E-state index >= 15 is 0 Å². The Morgan fingerprint density at radius 1 is 1.22 bits per heavy atom. The number of carbonyl (C=O) groups excluding carboxylic acids is 1.